The molecular weight excluding hydrogens is 222 g/mol. The van der Waals surface area contributed by atoms with Gasteiger partial charge in [-0.05, 0) is 37.8 Å². The number of nitrogens with zero attached hydrogens (tertiary/aromatic N) is 3. The molecule has 1 aromatic carbocycles. The maximum absolute atomic E-state index is 4.76. The minimum atomic E-state index is 0.634. The predicted octanol–water partition coefficient (Wildman–Crippen LogP) is 3.40. The van der Waals surface area contributed by atoms with Crippen LogP contribution in [0.1, 0.15) is 32.6 Å². The fourth-order valence-electron chi connectivity index (χ4n) is 2.81. The van der Waals surface area contributed by atoms with Gasteiger partial charge in [0.25, 0.3) is 0 Å². The second-order valence-corrected chi connectivity index (χ2v) is 4.97. The molecule has 0 amide bonds. The molecule has 3 nitrogen and oxygen atoms in total. The van der Waals surface area contributed by atoms with Crippen molar-refractivity contribution in [3.05, 3.63) is 30.5 Å². The third-order valence-electron chi connectivity index (χ3n) is 3.83. The summed E-state index contributed by atoms with van der Waals surface area (Å²) in [6.45, 7) is 3.38. The average Bonchev–Trinajstić information content (AvgIpc) is 2.46. The van der Waals surface area contributed by atoms with E-state index in [9.17, 15) is 0 Å². The third-order valence-corrected chi connectivity index (χ3v) is 3.83. The molecule has 0 N–H and O–H groups in total. The highest BCUT2D eigenvalue weighted by atomic mass is 15.2. The van der Waals surface area contributed by atoms with Gasteiger partial charge in [-0.1, -0.05) is 19.1 Å². The number of hydrogen-bond donors (Lipinski definition) is 0. The van der Waals surface area contributed by atoms with E-state index in [0.717, 1.165) is 23.4 Å². The Labute approximate surface area is 108 Å². The zero-order valence-corrected chi connectivity index (χ0v) is 10.8. The molecule has 3 heteroatoms. The summed E-state index contributed by atoms with van der Waals surface area (Å²) in [5.41, 5.74) is 1.97. The van der Waals surface area contributed by atoms with Gasteiger partial charge < -0.3 is 4.90 Å². The van der Waals surface area contributed by atoms with Crippen molar-refractivity contribution in [1.82, 2.24) is 9.97 Å². The lowest BCUT2D eigenvalue weighted by molar-refractivity contribution is 0.447. The summed E-state index contributed by atoms with van der Waals surface area (Å²) in [4.78, 5) is 11.7. The van der Waals surface area contributed by atoms with Crippen LogP contribution in [0.4, 0.5) is 5.82 Å². The first kappa shape index (κ1) is 11.5. The van der Waals surface area contributed by atoms with E-state index in [0.29, 0.717) is 6.04 Å². The van der Waals surface area contributed by atoms with Gasteiger partial charge in [0.05, 0.1) is 17.2 Å². The molecule has 0 aliphatic carbocycles. The smallest absolute Gasteiger partial charge is 0.148 e. The lowest BCUT2D eigenvalue weighted by Crippen LogP contribution is -2.39. The molecule has 1 unspecified atom stereocenters. The van der Waals surface area contributed by atoms with Crippen LogP contribution in [0.5, 0.6) is 0 Å². The van der Waals surface area contributed by atoms with Crippen LogP contribution in [0.15, 0.2) is 30.5 Å². The lowest BCUT2D eigenvalue weighted by atomic mass is 10.0. The van der Waals surface area contributed by atoms with Crippen molar-refractivity contribution >= 4 is 16.9 Å². The Morgan fingerprint density at radius 1 is 1.22 bits per heavy atom. The Morgan fingerprint density at radius 3 is 2.89 bits per heavy atom. The zero-order valence-electron chi connectivity index (χ0n) is 10.8. The molecule has 0 radical (unpaired) electrons. The molecule has 1 saturated heterocycles. The first-order valence-corrected chi connectivity index (χ1v) is 6.87. The number of hydrogen-bond acceptors (Lipinski definition) is 3. The van der Waals surface area contributed by atoms with Crippen LogP contribution in [0.25, 0.3) is 11.0 Å². The van der Waals surface area contributed by atoms with Crippen LogP contribution in [0, 0.1) is 0 Å². The van der Waals surface area contributed by atoms with Gasteiger partial charge >= 0.3 is 0 Å². The number of para-hydroxylation sites is 2. The first-order valence-electron chi connectivity index (χ1n) is 6.87. The highest BCUT2D eigenvalue weighted by Gasteiger charge is 2.22. The van der Waals surface area contributed by atoms with E-state index in [4.69, 9.17) is 4.98 Å². The van der Waals surface area contributed by atoms with Gasteiger partial charge in [-0.3, -0.25) is 4.98 Å². The maximum atomic E-state index is 4.76. The van der Waals surface area contributed by atoms with Crippen LogP contribution in [0.3, 0.4) is 0 Å². The largest absolute Gasteiger partial charge is 0.352 e. The number of anilines is 1. The van der Waals surface area contributed by atoms with Gasteiger partial charge in [0, 0.05) is 12.6 Å². The number of rotatable bonds is 2. The number of piperidine rings is 1. The summed E-state index contributed by atoms with van der Waals surface area (Å²) >= 11 is 0. The normalized spacial score (nSPS) is 20.3. The molecule has 1 atom stereocenters. The molecule has 1 aliphatic rings. The predicted molar refractivity (Wildman–Crippen MR) is 74.8 cm³/mol. The van der Waals surface area contributed by atoms with Crippen LogP contribution >= 0.6 is 0 Å². The number of fused-ring (bicyclic) bond motifs is 1. The van der Waals surface area contributed by atoms with E-state index < -0.39 is 0 Å². The fourth-order valence-corrected chi connectivity index (χ4v) is 2.81. The van der Waals surface area contributed by atoms with E-state index in [1.54, 1.807) is 0 Å². The summed E-state index contributed by atoms with van der Waals surface area (Å²) < 4.78 is 0. The quantitative estimate of drug-likeness (QED) is 0.807. The molecule has 1 fully saturated rings. The maximum Gasteiger partial charge on any atom is 0.148 e. The summed E-state index contributed by atoms with van der Waals surface area (Å²) in [6.07, 6.45) is 7.01. The van der Waals surface area contributed by atoms with Crippen LogP contribution in [-0.4, -0.2) is 22.6 Å². The van der Waals surface area contributed by atoms with Gasteiger partial charge in [0.2, 0.25) is 0 Å². The molecule has 1 aromatic heterocycles. The molecule has 0 spiro atoms. The summed E-state index contributed by atoms with van der Waals surface area (Å²) in [5, 5.41) is 0. The van der Waals surface area contributed by atoms with Crippen LogP contribution in [0.2, 0.25) is 0 Å². The van der Waals surface area contributed by atoms with Crippen molar-refractivity contribution in [2.24, 2.45) is 0 Å². The Balaban J connectivity index is 1.97. The van der Waals surface area contributed by atoms with Crippen LogP contribution < -0.4 is 4.90 Å². The zero-order chi connectivity index (χ0) is 12.4. The van der Waals surface area contributed by atoms with Gasteiger partial charge in [0.15, 0.2) is 0 Å². The monoisotopic (exact) mass is 241 g/mol. The van der Waals surface area contributed by atoms with E-state index in [1.807, 2.05) is 30.5 Å². The molecule has 2 aromatic rings. The molecule has 3 rings (SSSR count). The summed E-state index contributed by atoms with van der Waals surface area (Å²) in [7, 11) is 0. The van der Waals surface area contributed by atoms with E-state index in [1.165, 1.54) is 25.7 Å². The standard InChI is InChI=1S/C15H19N3/c1-2-12-7-5-6-10-18(12)15-11-16-13-8-3-4-9-14(13)17-15/h3-4,8-9,11-12H,2,5-7,10H2,1H3. The first-order chi connectivity index (χ1) is 8.88. The van der Waals surface area contributed by atoms with E-state index in [-0.39, 0.29) is 0 Å². The molecule has 18 heavy (non-hydrogen) atoms. The summed E-state index contributed by atoms with van der Waals surface area (Å²) in [5.74, 6) is 1.04. The van der Waals surface area contributed by atoms with Gasteiger partial charge in [0.1, 0.15) is 5.82 Å². The van der Waals surface area contributed by atoms with E-state index in [2.05, 4.69) is 16.8 Å². The minimum absolute atomic E-state index is 0.634. The minimum Gasteiger partial charge on any atom is -0.352 e. The highest BCUT2D eigenvalue weighted by molar-refractivity contribution is 5.75. The van der Waals surface area contributed by atoms with Crippen molar-refractivity contribution in [2.45, 2.75) is 38.6 Å². The molecule has 0 bridgehead atoms. The average molecular weight is 241 g/mol. The number of benzene rings is 1. The molecule has 1 aliphatic heterocycles. The van der Waals surface area contributed by atoms with Gasteiger partial charge in [-0.25, -0.2) is 4.98 Å². The number of aromatic nitrogens is 2. The SMILES string of the molecule is CCC1CCCCN1c1cnc2ccccc2n1. The Bertz CT molecular complexity index is 538. The van der Waals surface area contributed by atoms with Crippen molar-refractivity contribution in [1.29, 1.82) is 0 Å². The van der Waals surface area contributed by atoms with Gasteiger partial charge in [-0.2, -0.15) is 0 Å². The second kappa shape index (κ2) is 4.92. The summed E-state index contributed by atoms with van der Waals surface area (Å²) in [6, 6.07) is 8.71. The Kier molecular flexibility index (Phi) is 3.13. The van der Waals surface area contributed by atoms with Crippen molar-refractivity contribution < 1.29 is 0 Å². The molecule has 2 heterocycles. The topological polar surface area (TPSA) is 29.0 Å². The molecule has 94 valence electrons. The van der Waals surface area contributed by atoms with Crippen molar-refractivity contribution in [2.75, 3.05) is 11.4 Å². The van der Waals surface area contributed by atoms with Crippen molar-refractivity contribution in [3.63, 3.8) is 0 Å². The molecule has 0 saturated carbocycles. The van der Waals surface area contributed by atoms with Gasteiger partial charge in [-0.15, -0.1) is 0 Å². The Morgan fingerprint density at radius 2 is 2.06 bits per heavy atom. The lowest BCUT2D eigenvalue weighted by Gasteiger charge is -2.36. The fraction of sp³-hybridized carbons (Fsp3) is 0.467. The van der Waals surface area contributed by atoms with E-state index >= 15 is 0 Å². The van der Waals surface area contributed by atoms with Crippen LogP contribution in [-0.2, 0) is 0 Å². The molecular formula is C15H19N3. The Hall–Kier alpha value is -1.64. The second-order valence-electron chi connectivity index (χ2n) is 4.97. The third kappa shape index (κ3) is 2.05. The van der Waals surface area contributed by atoms with Crippen molar-refractivity contribution in [3.8, 4) is 0 Å². The highest BCUT2D eigenvalue weighted by Crippen LogP contribution is 2.25.